The molecular formula is C11H9Cl6N3OS. The Labute approximate surface area is 162 Å². The number of halogens is 6. The Morgan fingerprint density at radius 2 is 1.86 bits per heavy atom. The van der Waals surface area contributed by atoms with Crippen molar-refractivity contribution < 1.29 is 4.79 Å². The van der Waals surface area contributed by atoms with Crippen LogP contribution in [0, 0.1) is 0 Å². The summed E-state index contributed by atoms with van der Waals surface area (Å²) in [6.45, 7) is 0. The zero-order valence-corrected chi connectivity index (χ0v) is 16.0. The van der Waals surface area contributed by atoms with Gasteiger partial charge in [0.2, 0.25) is 9.70 Å². The molecule has 1 rings (SSSR count). The smallest absolute Gasteiger partial charge is 0.236 e. The second kappa shape index (κ2) is 8.83. The first-order valence-electron chi connectivity index (χ1n) is 5.58. The van der Waals surface area contributed by atoms with Gasteiger partial charge in [0, 0.05) is 5.02 Å². The molecule has 0 aliphatic heterocycles. The van der Waals surface area contributed by atoms with Crippen LogP contribution >= 0.6 is 81.8 Å². The molecule has 1 aromatic rings. The number of alkyl halides is 4. The monoisotopic (exact) mass is 441 g/mol. The molecular weight excluding hydrogens is 435 g/mol. The Kier molecular flexibility index (Phi) is 8.09. The molecule has 22 heavy (non-hydrogen) atoms. The summed E-state index contributed by atoms with van der Waals surface area (Å²) >= 11 is 39.7. The molecule has 0 aliphatic rings. The molecule has 3 N–H and O–H groups in total. The second-order valence-corrected chi connectivity index (χ2v) is 7.79. The lowest BCUT2D eigenvalue weighted by molar-refractivity contribution is -0.119. The zero-order chi connectivity index (χ0) is 16.9. The van der Waals surface area contributed by atoms with Gasteiger partial charge in [-0.25, -0.2) is 0 Å². The SMILES string of the molecule is O=C(CCl)N[C@H](NC(=S)Nc1cc(Cl)ccc1Cl)C(Cl)(Cl)Cl. The molecule has 0 bridgehead atoms. The van der Waals surface area contributed by atoms with Gasteiger partial charge < -0.3 is 16.0 Å². The lowest BCUT2D eigenvalue weighted by atomic mass is 10.3. The normalized spacial score (nSPS) is 12.5. The van der Waals surface area contributed by atoms with Crippen molar-refractivity contribution in [3.63, 3.8) is 0 Å². The average molecular weight is 444 g/mol. The van der Waals surface area contributed by atoms with Crippen molar-refractivity contribution >= 4 is 98.5 Å². The summed E-state index contributed by atoms with van der Waals surface area (Å²) in [4.78, 5) is 11.3. The molecule has 1 aromatic carbocycles. The maximum absolute atomic E-state index is 11.3. The minimum Gasteiger partial charge on any atom is -0.339 e. The predicted molar refractivity (Wildman–Crippen MR) is 98.8 cm³/mol. The lowest BCUT2D eigenvalue weighted by Crippen LogP contribution is -2.56. The van der Waals surface area contributed by atoms with E-state index >= 15 is 0 Å². The summed E-state index contributed by atoms with van der Waals surface area (Å²) in [5.41, 5.74) is 0.457. The van der Waals surface area contributed by atoms with E-state index in [0.29, 0.717) is 15.7 Å². The second-order valence-electron chi connectivity index (χ2n) is 3.90. The Bertz CT molecular complexity index is 565. The molecule has 1 atom stereocenters. The van der Waals surface area contributed by atoms with Crippen molar-refractivity contribution in [2.45, 2.75) is 9.96 Å². The number of anilines is 1. The van der Waals surface area contributed by atoms with Crippen LogP contribution in [0.5, 0.6) is 0 Å². The van der Waals surface area contributed by atoms with Crippen molar-refractivity contribution in [2.75, 3.05) is 11.2 Å². The largest absolute Gasteiger partial charge is 0.339 e. The van der Waals surface area contributed by atoms with Gasteiger partial charge in [0.15, 0.2) is 5.11 Å². The number of carbonyl (C=O) groups excluding carboxylic acids is 1. The first-order valence-corrected chi connectivity index (χ1v) is 8.41. The van der Waals surface area contributed by atoms with Gasteiger partial charge in [0.05, 0.1) is 10.7 Å². The highest BCUT2D eigenvalue weighted by Gasteiger charge is 2.34. The molecule has 0 aliphatic carbocycles. The van der Waals surface area contributed by atoms with Crippen LogP contribution in [0.15, 0.2) is 18.2 Å². The van der Waals surface area contributed by atoms with Crippen LogP contribution in [-0.4, -0.2) is 26.9 Å². The van der Waals surface area contributed by atoms with E-state index in [1.54, 1.807) is 18.2 Å². The molecule has 0 radical (unpaired) electrons. The van der Waals surface area contributed by atoms with Crippen molar-refractivity contribution in [3.05, 3.63) is 28.2 Å². The molecule has 4 nitrogen and oxygen atoms in total. The fraction of sp³-hybridized carbons (Fsp3) is 0.273. The van der Waals surface area contributed by atoms with E-state index in [0.717, 1.165) is 0 Å². The molecule has 0 spiro atoms. The highest BCUT2D eigenvalue weighted by atomic mass is 35.6. The van der Waals surface area contributed by atoms with E-state index in [-0.39, 0.29) is 11.0 Å². The highest BCUT2D eigenvalue weighted by Crippen LogP contribution is 2.29. The van der Waals surface area contributed by atoms with Crippen LogP contribution in [0.1, 0.15) is 0 Å². The molecule has 0 unspecified atom stereocenters. The van der Waals surface area contributed by atoms with E-state index in [2.05, 4.69) is 16.0 Å². The number of hydrogen-bond acceptors (Lipinski definition) is 2. The van der Waals surface area contributed by atoms with Crippen LogP contribution < -0.4 is 16.0 Å². The summed E-state index contributed by atoms with van der Waals surface area (Å²) in [6, 6.07) is 4.78. The number of amides is 1. The Morgan fingerprint density at radius 1 is 1.23 bits per heavy atom. The third-order valence-electron chi connectivity index (χ3n) is 2.21. The molecule has 0 heterocycles. The van der Waals surface area contributed by atoms with Gasteiger partial charge >= 0.3 is 0 Å². The van der Waals surface area contributed by atoms with Gasteiger partial charge in [-0.3, -0.25) is 4.79 Å². The summed E-state index contributed by atoms with van der Waals surface area (Å²) in [7, 11) is 0. The Morgan fingerprint density at radius 3 is 2.41 bits per heavy atom. The lowest BCUT2D eigenvalue weighted by Gasteiger charge is -2.27. The maximum Gasteiger partial charge on any atom is 0.236 e. The highest BCUT2D eigenvalue weighted by molar-refractivity contribution is 7.80. The van der Waals surface area contributed by atoms with Gasteiger partial charge in [-0.15, -0.1) is 11.6 Å². The number of rotatable bonds is 4. The third kappa shape index (κ3) is 6.71. The number of nitrogens with one attached hydrogen (secondary N) is 3. The first kappa shape index (κ1) is 20.2. The van der Waals surface area contributed by atoms with Gasteiger partial charge in [-0.2, -0.15) is 0 Å². The van der Waals surface area contributed by atoms with Crippen LogP contribution in [-0.2, 0) is 4.79 Å². The minimum atomic E-state index is -1.86. The number of benzene rings is 1. The maximum atomic E-state index is 11.3. The average Bonchev–Trinajstić information content (AvgIpc) is 2.41. The molecule has 0 fully saturated rings. The third-order valence-corrected chi connectivity index (χ3v) is 3.89. The molecule has 122 valence electrons. The van der Waals surface area contributed by atoms with E-state index in [9.17, 15) is 4.79 Å². The van der Waals surface area contributed by atoms with Gasteiger partial charge in [0.25, 0.3) is 0 Å². The van der Waals surface area contributed by atoms with Gasteiger partial charge in [0.1, 0.15) is 12.0 Å². The van der Waals surface area contributed by atoms with Crippen molar-refractivity contribution in [3.8, 4) is 0 Å². The van der Waals surface area contributed by atoms with E-state index in [1.807, 2.05) is 0 Å². The summed E-state index contributed by atoms with van der Waals surface area (Å²) in [6.07, 6.45) is -1.10. The van der Waals surface area contributed by atoms with Crippen LogP contribution in [0.2, 0.25) is 10.0 Å². The molecule has 0 aromatic heterocycles. The van der Waals surface area contributed by atoms with Crippen LogP contribution in [0.3, 0.4) is 0 Å². The first-order chi connectivity index (χ1) is 10.1. The van der Waals surface area contributed by atoms with Crippen molar-refractivity contribution in [1.29, 1.82) is 0 Å². The number of thiocarbonyl (C=S) groups is 1. The van der Waals surface area contributed by atoms with Crippen LogP contribution in [0.25, 0.3) is 0 Å². The molecule has 11 heteroatoms. The summed E-state index contributed by atoms with van der Waals surface area (Å²) in [5, 5.41) is 8.74. The number of hydrogen-bond donors (Lipinski definition) is 3. The quantitative estimate of drug-likeness (QED) is 0.368. The van der Waals surface area contributed by atoms with E-state index < -0.39 is 15.9 Å². The van der Waals surface area contributed by atoms with Gasteiger partial charge in [-0.05, 0) is 30.4 Å². The molecule has 0 saturated heterocycles. The Hall–Kier alpha value is 0.120. The van der Waals surface area contributed by atoms with E-state index in [1.165, 1.54) is 0 Å². The predicted octanol–water partition coefficient (Wildman–Crippen LogP) is 4.33. The molecule has 0 saturated carbocycles. The topological polar surface area (TPSA) is 53.2 Å². The summed E-state index contributed by atoms with van der Waals surface area (Å²) < 4.78 is -1.86. The Balaban J connectivity index is 2.79. The fourth-order valence-electron chi connectivity index (χ4n) is 1.28. The fourth-order valence-corrected chi connectivity index (χ4v) is 2.25. The summed E-state index contributed by atoms with van der Waals surface area (Å²) in [5.74, 6) is -0.826. The van der Waals surface area contributed by atoms with Crippen molar-refractivity contribution in [1.82, 2.24) is 10.6 Å². The minimum absolute atomic E-state index is 0.0652. The number of carbonyl (C=O) groups is 1. The van der Waals surface area contributed by atoms with Crippen molar-refractivity contribution in [2.24, 2.45) is 0 Å². The van der Waals surface area contributed by atoms with E-state index in [4.69, 9.17) is 81.8 Å². The van der Waals surface area contributed by atoms with Gasteiger partial charge in [-0.1, -0.05) is 58.0 Å². The van der Waals surface area contributed by atoms with Crippen LogP contribution in [0.4, 0.5) is 5.69 Å². The standard InChI is InChI=1S/C11H9Cl6N3OS/c12-4-8(21)19-9(11(15,16)17)20-10(22)18-7-3-5(13)1-2-6(7)14/h1-3,9H,4H2,(H,19,21)(H2,18,20,22)/t9-/m1/s1. The zero-order valence-electron chi connectivity index (χ0n) is 10.6. The molecule has 1 amide bonds.